The van der Waals surface area contributed by atoms with Gasteiger partial charge in [-0.3, -0.25) is 9.59 Å². The van der Waals surface area contributed by atoms with Crippen molar-refractivity contribution >= 4 is 17.6 Å². The van der Waals surface area contributed by atoms with Gasteiger partial charge in [0.1, 0.15) is 12.2 Å². The summed E-state index contributed by atoms with van der Waals surface area (Å²) < 4.78 is 3.31. The number of aryl methyl sites for hydroxylation is 1. The number of benzene rings is 2. The van der Waals surface area contributed by atoms with Crippen LogP contribution in [0.25, 0.3) is 28.1 Å². The highest BCUT2D eigenvalue weighted by Gasteiger charge is 2.28. The standard InChI is InChI=1S/C26H20ClN7O3/c27-18-4-6-22(33-14-29-31-32-33)20(12-18)17-10-19-5-7-23(34(19)24(35)11-17)26-28-13-21(30-26)16-3-1-2-15(8-16)9-25(36)37/h1-4,6,8,10-14,23H,5,7,9H2,(H,28,30)(H,36,37)/t23-/m0/s1. The Morgan fingerprint density at radius 1 is 1.14 bits per heavy atom. The largest absolute Gasteiger partial charge is 0.481 e. The van der Waals surface area contributed by atoms with Crippen molar-refractivity contribution in [3.8, 4) is 28.1 Å². The van der Waals surface area contributed by atoms with E-state index in [0.717, 1.165) is 34.5 Å². The number of aromatic nitrogens is 7. The Kier molecular flexibility index (Phi) is 5.65. The van der Waals surface area contributed by atoms with Gasteiger partial charge in [-0.1, -0.05) is 29.8 Å². The quantitative estimate of drug-likeness (QED) is 0.354. The first-order valence-electron chi connectivity index (χ1n) is 11.6. The van der Waals surface area contributed by atoms with Crippen LogP contribution in [0.3, 0.4) is 0 Å². The van der Waals surface area contributed by atoms with E-state index in [0.29, 0.717) is 28.5 Å². The Hall–Kier alpha value is -4.57. The molecule has 2 N–H and O–H groups in total. The summed E-state index contributed by atoms with van der Waals surface area (Å²) in [5.41, 5.74) is 5.29. The van der Waals surface area contributed by atoms with Gasteiger partial charge in [0.25, 0.3) is 5.56 Å². The van der Waals surface area contributed by atoms with Crippen molar-refractivity contribution in [1.29, 1.82) is 0 Å². The van der Waals surface area contributed by atoms with E-state index in [-0.39, 0.29) is 18.0 Å². The minimum absolute atomic E-state index is 0.0513. The maximum atomic E-state index is 13.4. The number of halogens is 1. The summed E-state index contributed by atoms with van der Waals surface area (Å²) in [7, 11) is 0. The summed E-state index contributed by atoms with van der Waals surface area (Å²) in [6.07, 6.45) is 4.59. The summed E-state index contributed by atoms with van der Waals surface area (Å²) in [5.74, 6) is -0.198. The molecule has 5 aromatic rings. The normalized spacial score (nSPS) is 14.6. The van der Waals surface area contributed by atoms with Crippen LogP contribution in [-0.4, -0.2) is 45.8 Å². The molecule has 2 aromatic carbocycles. The molecule has 0 fully saturated rings. The van der Waals surface area contributed by atoms with Gasteiger partial charge in [0.05, 0.1) is 30.0 Å². The van der Waals surface area contributed by atoms with Crippen molar-refractivity contribution in [3.05, 3.63) is 99.6 Å². The molecule has 6 rings (SSSR count). The van der Waals surface area contributed by atoms with Crippen LogP contribution in [-0.2, 0) is 17.6 Å². The molecule has 10 nitrogen and oxygen atoms in total. The van der Waals surface area contributed by atoms with Crippen LogP contribution in [0.1, 0.15) is 29.5 Å². The fraction of sp³-hybridized carbons (Fsp3) is 0.154. The van der Waals surface area contributed by atoms with E-state index in [2.05, 4.69) is 25.5 Å². The summed E-state index contributed by atoms with van der Waals surface area (Å²) in [4.78, 5) is 32.4. The topological polar surface area (TPSA) is 132 Å². The number of carboxylic acids is 1. The van der Waals surface area contributed by atoms with E-state index < -0.39 is 5.97 Å². The molecule has 0 unspecified atom stereocenters. The monoisotopic (exact) mass is 513 g/mol. The first-order chi connectivity index (χ1) is 18.0. The molecule has 184 valence electrons. The van der Waals surface area contributed by atoms with Crippen molar-refractivity contribution in [2.24, 2.45) is 0 Å². The minimum Gasteiger partial charge on any atom is -0.481 e. The van der Waals surface area contributed by atoms with Gasteiger partial charge in [0.2, 0.25) is 0 Å². The first-order valence-corrected chi connectivity index (χ1v) is 12.0. The van der Waals surface area contributed by atoms with Crippen molar-refractivity contribution in [3.63, 3.8) is 0 Å². The van der Waals surface area contributed by atoms with Gasteiger partial charge in [0, 0.05) is 22.3 Å². The predicted molar refractivity (Wildman–Crippen MR) is 136 cm³/mol. The number of imidazole rings is 1. The van der Waals surface area contributed by atoms with Gasteiger partial charge in [-0.25, -0.2) is 4.98 Å². The molecule has 0 aliphatic carbocycles. The third kappa shape index (κ3) is 4.31. The van der Waals surface area contributed by atoms with Crippen molar-refractivity contribution in [1.82, 2.24) is 34.7 Å². The predicted octanol–water partition coefficient (Wildman–Crippen LogP) is 3.70. The summed E-state index contributed by atoms with van der Waals surface area (Å²) >= 11 is 6.29. The van der Waals surface area contributed by atoms with E-state index in [4.69, 9.17) is 16.7 Å². The zero-order valence-electron chi connectivity index (χ0n) is 19.4. The van der Waals surface area contributed by atoms with E-state index in [1.807, 2.05) is 30.3 Å². The van der Waals surface area contributed by atoms with Crippen molar-refractivity contribution in [2.75, 3.05) is 0 Å². The lowest BCUT2D eigenvalue weighted by Crippen LogP contribution is -2.23. The second-order valence-electron chi connectivity index (χ2n) is 8.87. The number of tetrazole rings is 1. The number of aliphatic carboxylic acids is 1. The highest BCUT2D eigenvalue weighted by atomic mass is 35.5. The number of fused-ring (bicyclic) bond motifs is 1. The zero-order chi connectivity index (χ0) is 25.5. The number of nitrogens with zero attached hydrogens (tertiary/aromatic N) is 6. The maximum absolute atomic E-state index is 13.4. The fourth-order valence-electron chi connectivity index (χ4n) is 4.90. The molecule has 1 atom stereocenters. The Morgan fingerprint density at radius 2 is 2.03 bits per heavy atom. The van der Waals surface area contributed by atoms with Crippen molar-refractivity contribution < 1.29 is 9.90 Å². The van der Waals surface area contributed by atoms with Crippen LogP contribution in [0.2, 0.25) is 5.02 Å². The molecule has 0 saturated carbocycles. The van der Waals surface area contributed by atoms with Crippen LogP contribution >= 0.6 is 11.6 Å². The van der Waals surface area contributed by atoms with E-state index >= 15 is 0 Å². The first kappa shape index (κ1) is 22.9. The molecule has 3 aromatic heterocycles. The Morgan fingerprint density at radius 3 is 2.84 bits per heavy atom. The van der Waals surface area contributed by atoms with E-state index in [9.17, 15) is 9.59 Å². The minimum atomic E-state index is -0.883. The Bertz CT molecular complexity index is 1690. The number of hydrogen-bond acceptors (Lipinski definition) is 6. The Balaban J connectivity index is 1.35. The van der Waals surface area contributed by atoms with Gasteiger partial charge in [-0.2, -0.15) is 4.68 Å². The molecule has 1 aliphatic heterocycles. The van der Waals surface area contributed by atoms with Gasteiger partial charge >= 0.3 is 5.97 Å². The van der Waals surface area contributed by atoms with Crippen LogP contribution in [0.15, 0.2) is 71.9 Å². The van der Waals surface area contributed by atoms with Crippen LogP contribution < -0.4 is 5.56 Å². The van der Waals surface area contributed by atoms with Gasteiger partial charge in [-0.05, 0) is 70.3 Å². The number of H-pyrrole nitrogens is 1. The molecule has 37 heavy (non-hydrogen) atoms. The number of carboxylic acid groups (broad SMARTS) is 1. The van der Waals surface area contributed by atoms with Gasteiger partial charge in [-0.15, -0.1) is 5.10 Å². The molecular weight excluding hydrogens is 494 g/mol. The molecule has 0 radical (unpaired) electrons. The molecule has 0 spiro atoms. The summed E-state index contributed by atoms with van der Waals surface area (Å²) in [5, 5.41) is 21.0. The fourth-order valence-corrected chi connectivity index (χ4v) is 5.07. The lowest BCUT2D eigenvalue weighted by atomic mass is 10.0. The SMILES string of the molecule is O=C(O)Cc1cccc(-c2cnc([C@@H]3CCc4cc(-c5cc(Cl)ccc5-n5cnnn5)cc(=O)n43)[nH]2)c1. The number of nitrogens with one attached hydrogen (secondary N) is 1. The second-order valence-corrected chi connectivity index (χ2v) is 9.30. The van der Waals surface area contributed by atoms with E-state index in [1.165, 1.54) is 11.0 Å². The summed E-state index contributed by atoms with van der Waals surface area (Å²) in [6, 6.07) is 16.1. The van der Waals surface area contributed by atoms with Gasteiger partial charge < -0.3 is 14.7 Å². The lowest BCUT2D eigenvalue weighted by molar-refractivity contribution is -0.136. The average Bonchev–Trinajstić information content (AvgIpc) is 3.64. The number of carbonyl (C=O) groups is 1. The van der Waals surface area contributed by atoms with Gasteiger partial charge in [0.15, 0.2) is 0 Å². The molecule has 11 heteroatoms. The summed E-state index contributed by atoms with van der Waals surface area (Å²) in [6.45, 7) is 0. The molecule has 0 amide bonds. The number of aromatic amines is 1. The zero-order valence-corrected chi connectivity index (χ0v) is 20.1. The van der Waals surface area contributed by atoms with Crippen LogP contribution in [0.5, 0.6) is 0 Å². The lowest BCUT2D eigenvalue weighted by Gasteiger charge is -2.15. The smallest absolute Gasteiger partial charge is 0.307 e. The Labute approximate surface area is 215 Å². The third-order valence-corrected chi connectivity index (χ3v) is 6.74. The highest BCUT2D eigenvalue weighted by molar-refractivity contribution is 6.31. The second kappa shape index (κ2) is 9.14. The molecule has 1 aliphatic rings. The van der Waals surface area contributed by atoms with Crippen LogP contribution in [0.4, 0.5) is 0 Å². The van der Waals surface area contributed by atoms with Crippen molar-refractivity contribution in [2.45, 2.75) is 25.3 Å². The third-order valence-electron chi connectivity index (χ3n) is 6.50. The number of hydrogen-bond donors (Lipinski definition) is 2. The maximum Gasteiger partial charge on any atom is 0.307 e. The van der Waals surface area contributed by atoms with Crippen LogP contribution in [0, 0.1) is 0 Å². The number of pyridine rings is 1. The highest BCUT2D eigenvalue weighted by Crippen LogP contribution is 2.34. The molecular formula is C26H20ClN7O3. The molecule has 0 saturated heterocycles. The average molecular weight is 514 g/mol. The molecule has 0 bridgehead atoms. The van der Waals surface area contributed by atoms with E-state index in [1.54, 1.807) is 35.0 Å². The number of rotatable bonds is 6. The molecule has 4 heterocycles.